The third-order valence-electron chi connectivity index (χ3n) is 3.23. The van der Waals surface area contributed by atoms with Crippen molar-refractivity contribution >= 4 is 24.2 Å². The van der Waals surface area contributed by atoms with Crippen LogP contribution in [0.3, 0.4) is 0 Å². The molecule has 0 radical (unpaired) electrons. The summed E-state index contributed by atoms with van der Waals surface area (Å²) in [5, 5.41) is 11.2. The zero-order valence-corrected chi connectivity index (χ0v) is 11.1. The Morgan fingerprint density at radius 2 is 2.11 bits per heavy atom. The summed E-state index contributed by atoms with van der Waals surface area (Å²) in [6, 6.07) is 7.62. The number of aromatic nitrogens is 4. The fraction of sp³-hybridized carbons (Fsp3) is 0.333. The third kappa shape index (κ3) is 2.21. The van der Waals surface area contributed by atoms with Crippen LogP contribution >= 0.6 is 12.6 Å². The van der Waals surface area contributed by atoms with Crippen molar-refractivity contribution in [3.63, 3.8) is 0 Å². The summed E-state index contributed by atoms with van der Waals surface area (Å²) >= 11 is 4.28. The van der Waals surface area contributed by atoms with Gasteiger partial charge in [-0.1, -0.05) is 12.1 Å². The van der Waals surface area contributed by atoms with E-state index in [1.54, 1.807) is 9.58 Å². The van der Waals surface area contributed by atoms with Crippen molar-refractivity contribution in [2.45, 2.75) is 6.42 Å². The molecule has 1 saturated heterocycles. The molecular formula is C12H13N5OS. The summed E-state index contributed by atoms with van der Waals surface area (Å²) < 4.78 is 1.57. The SMILES string of the molecule is O=C1CC(CS)CN1c1ccccc1-n1cnnn1. The molecule has 0 spiro atoms. The van der Waals surface area contributed by atoms with Crippen LogP contribution in [0.1, 0.15) is 6.42 Å². The highest BCUT2D eigenvalue weighted by molar-refractivity contribution is 7.80. The van der Waals surface area contributed by atoms with Crippen LogP contribution in [0.15, 0.2) is 30.6 Å². The van der Waals surface area contributed by atoms with Crippen molar-refractivity contribution in [2.75, 3.05) is 17.2 Å². The minimum absolute atomic E-state index is 0.125. The first-order valence-electron chi connectivity index (χ1n) is 6.03. The first kappa shape index (κ1) is 12.2. The second-order valence-corrected chi connectivity index (χ2v) is 4.87. The maximum absolute atomic E-state index is 12.1. The van der Waals surface area contributed by atoms with E-state index in [9.17, 15) is 4.79 Å². The van der Waals surface area contributed by atoms with Crippen molar-refractivity contribution in [1.29, 1.82) is 0 Å². The van der Waals surface area contributed by atoms with Gasteiger partial charge in [-0.3, -0.25) is 4.79 Å². The minimum Gasteiger partial charge on any atom is -0.310 e. The fourth-order valence-electron chi connectivity index (χ4n) is 2.29. The predicted molar refractivity (Wildman–Crippen MR) is 73.5 cm³/mol. The number of para-hydroxylation sites is 2. The number of hydrogen-bond acceptors (Lipinski definition) is 5. The van der Waals surface area contributed by atoms with Gasteiger partial charge in [0.25, 0.3) is 0 Å². The smallest absolute Gasteiger partial charge is 0.227 e. The lowest BCUT2D eigenvalue weighted by atomic mass is 10.1. The molecular weight excluding hydrogens is 262 g/mol. The Balaban J connectivity index is 2.00. The summed E-state index contributed by atoms with van der Waals surface area (Å²) in [5.41, 5.74) is 1.64. The lowest BCUT2D eigenvalue weighted by Gasteiger charge is -2.19. The van der Waals surface area contributed by atoms with E-state index in [1.165, 1.54) is 6.33 Å². The van der Waals surface area contributed by atoms with Crippen LogP contribution in [0.5, 0.6) is 0 Å². The number of benzene rings is 1. The summed E-state index contributed by atoms with van der Waals surface area (Å²) in [6.07, 6.45) is 2.07. The molecule has 0 saturated carbocycles. The Morgan fingerprint density at radius 3 is 2.74 bits per heavy atom. The Kier molecular flexibility index (Phi) is 3.20. The van der Waals surface area contributed by atoms with Gasteiger partial charge in [-0.05, 0) is 34.2 Å². The standard InChI is InChI=1S/C12H13N5OS/c18-12-5-9(7-19)6-16(12)10-3-1-2-4-11(10)17-8-13-14-15-17/h1-4,8-9,19H,5-7H2. The number of rotatable bonds is 3. The number of nitrogens with zero attached hydrogens (tertiary/aromatic N) is 5. The van der Waals surface area contributed by atoms with E-state index in [-0.39, 0.29) is 5.91 Å². The molecule has 0 aliphatic carbocycles. The molecule has 1 aromatic carbocycles. The number of tetrazole rings is 1. The summed E-state index contributed by atoms with van der Waals surface area (Å²) in [7, 11) is 0. The van der Waals surface area contributed by atoms with E-state index in [1.807, 2.05) is 24.3 Å². The van der Waals surface area contributed by atoms with Crippen LogP contribution < -0.4 is 4.90 Å². The minimum atomic E-state index is 0.125. The monoisotopic (exact) mass is 275 g/mol. The van der Waals surface area contributed by atoms with E-state index < -0.39 is 0 Å². The van der Waals surface area contributed by atoms with Gasteiger partial charge in [-0.2, -0.15) is 17.3 Å². The highest BCUT2D eigenvalue weighted by Gasteiger charge is 2.31. The second kappa shape index (κ2) is 5.00. The predicted octanol–water partition coefficient (Wildman–Crippen LogP) is 0.945. The van der Waals surface area contributed by atoms with Crippen LogP contribution in [0, 0.1) is 5.92 Å². The maximum Gasteiger partial charge on any atom is 0.227 e. The van der Waals surface area contributed by atoms with E-state index in [0.29, 0.717) is 18.9 Å². The molecule has 0 bridgehead atoms. The van der Waals surface area contributed by atoms with E-state index in [2.05, 4.69) is 28.2 Å². The summed E-state index contributed by atoms with van der Waals surface area (Å²) in [4.78, 5) is 13.9. The van der Waals surface area contributed by atoms with Gasteiger partial charge < -0.3 is 4.90 Å². The number of hydrogen-bond donors (Lipinski definition) is 1. The molecule has 2 heterocycles. The average Bonchev–Trinajstić information content (AvgIpc) is 3.08. The Bertz CT molecular complexity index is 586. The molecule has 98 valence electrons. The molecule has 3 rings (SSSR count). The molecule has 1 aliphatic rings. The van der Waals surface area contributed by atoms with Crippen molar-refractivity contribution < 1.29 is 4.79 Å². The van der Waals surface area contributed by atoms with E-state index >= 15 is 0 Å². The molecule has 6 nitrogen and oxygen atoms in total. The van der Waals surface area contributed by atoms with Crippen LogP contribution in [-0.2, 0) is 4.79 Å². The van der Waals surface area contributed by atoms with Gasteiger partial charge in [0.1, 0.15) is 6.33 Å². The van der Waals surface area contributed by atoms with E-state index in [4.69, 9.17) is 0 Å². The normalized spacial score (nSPS) is 19.1. The van der Waals surface area contributed by atoms with Gasteiger partial charge >= 0.3 is 0 Å². The van der Waals surface area contributed by atoms with Gasteiger partial charge in [-0.15, -0.1) is 5.10 Å². The average molecular weight is 275 g/mol. The topological polar surface area (TPSA) is 63.9 Å². The summed E-state index contributed by atoms with van der Waals surface area (Å²) in [6.45, 7) is 0.696. The van der Waals surface area contributed by atoms with Crippen molar-refractivity contribution in [1.82, 2.24) is 20.2 Å². The Hall–Kier alpha value is -1.89. The van der Waals surface area contributed by atoms with Gasteiger partial charge in [0.15, 0.2) is 0 Å². The van der Waals surface area contributed by atoms with Crippen LogP contribution in [0.25, 0.3) is 5.69 Å². The molecule has 1 atom stereocenters. The number of carbonyl (C=O) groups excluding carboxylic acids is 1. The molecule has 19 heavy (non-hydrogen) atoms. The molecule has 1 fully saturated rings. The highest BCUT2D eigenvalue weighted by Crippen LogP contribution is 2.30. The largest absolute Gasteiger partial charge is 0.310 e. The molecule has 1 aromatic heterocycles. The molecule has 1 amide bonds. The third-order valence-corrected chi connectivity index (χ3v) is 3.75. The molecule has 1 unspecified atom stereocenters. The number of amides is 1. The lowest BCUT2D eigenvalue weighted by molar-refractivity contribution is -0.117. The quantitative estimate of drug-likeness (QED) is 0.847. The van der Waals surface area contributed by atoms with Gasteiger partial charge in [0.2, 0.25) is 5.91 Å². The second-order valence-electron chi connectivity index (χ2n) is 4.50. The van der Waals surface area contributed by atoms with Crippen LogP contribution in [0.4, 0.5) is 5.69 Å². The van der Waals surface area contributed by atoms with Crippen molar-refractivity contribution in [2.24, 2.45) is 5.92 Å². The molecule has 0 N–H and O–H groups in total. The Labute approximate surface area is 115 Å². The van der Waals surface area contributed by atoms with Crippen LogP contribution in [-0.4, -0.2) is 38.4 Å². The number of anilines is 1. The first-order chi connectivity index (χ1) is 9.29. The zero-order chi connectivity index (χ0) is 13.2. The molecule has 7 heteroatoms. The molecule has 1 aliphatic heterocycles. The fourth-order valence-corrected chi connectivity index (χ4v) is 2.54. The summed E-state index contributed by atoms with van der Waals surface area (Å²) in [5.74, 6) is 1.15. The van der Waals surface area contributed by atoms with Gasteiger partial charge in [-0.25, -0.2) is 0 Å². The van der Waals surface area contributed by atoms with Gasteiger partial charge in [0.05, 0.1) is 11.4 Å². The van der Waals surface area contributed by atoms with Crippen LogP contribution in [0.2, 0.25) is 0 Å². The first-order valence-corrected chi connectivity index (χ1v) is 6.66. The highest BCUT2D eigenvalue weighted by atomic mass is 32.1. The number of carbonyl (C=O) groups is 1. The van der Waals surface area contributed by atoms with E-state index in [0.717, 1.165) is 17.1 Å². The zero-order valence-electron chi connectivity index (χ0n) is 10.2. The molecule has 2 aromatic rings. The maximum atomic E-state index is 12.1. The Morgan fingerprint density at radius 1 is 1.32 bits per heavy atom. The van der Waals surface area contributed by atoms with Crippen molar-refractivity contribution in [3.05, 3.63) is 30.6 Å². The lowest BCUT2D eigenvalue weighted by Crippen LogP contribution is -2.26. The van der Waals surface area contributed by atoms with Crippen molar-refractivity contribution in [3.8, 4) is 5.69 Å². The number of thiol groups is 1. The van der Waals surface area contributed by atoms with Gasteiger partial charge in [0, 0.05) is 13.0 Å².